The van der Waals surface area contributed by atoms with Crippen LogP contribution in [0.5, 0.6) is 0 Å². The summed E-state index contributed by atoms with van der Waals surface area (Å²) in [5, 5.41) is 9.34. The minimum absolute atomic E-state index is 0.0221. The van der Waals surface area contributed by atoms with Crippen LogP contribution in [0.15, 0.2) is 35.2 Å². The van der Waals surface area contributed by atoms with Gasteiger partial charge in [0.15, 0.2) is 9.84 Å². The van der Waals surface area contributed by atoms with E-state index in [0.717, 1.165) is 6.42 Å². The first kappa shape index (κ1) is 13.6. The van der Waals surface area contributed by atoms with Gasteiger partial charge in [0.25, 0.3) is 0 Å². The molecule has 0 spiro atoms. The quantitative estimate of drug-likeness (QED) is 0.896. The Bertz CT molecular complexity index is 505. The van der Waals surface area contributed by atoms with E-state index in [9.17, 15) is 13.5 Å². The maximum atomic E-state index is 12.5. The molecule has 3 nitrogen and oxygen atoms in total. The molecule has 1 aromatic rings. The molecule has 0 radical (unpaired) electrons. The summed E-state index contributed by atoms with van der Waals surface area (Å²) >= 11 is 0. The van der Waals surface area contributed by atoms with Crippen molar-refractivity contribution < 1.29 is 13.5 Å². The van der Waals surface area contributed by atoms with Crippen molar-refractivity contribution in [3.8, 4) is 0 Å². The number of hydrogen-bond donors (Lipinski definition) is 1. The molecule has 2 atom stereocenters. The van der Waals surface area contributed by atoms with Crippen molar-refractivity contribution in [1.82, 2.24) is 0 Å². The summed E-state index contributed by atoms with van der Waals surface area (Å²) in [4.78, 5) is 0.312. The standard InChI is InChI=1S/C14H20O3S/c1-14(2)9-8-12(15)13(10-14)18(16,17)11-6-4-3-5-7-11/h3-7,12-13,15H,8-10H2,1-2H3. The molecule has 0 saturated heterocycles. The smallest absolute Gasteiger partial charge is 0.183 e. The highest BCUT2D eigenvalue weighted by Gasteiger charge is 2.41. The van der Waals surface area contributed by atoms with Crippen LogP contribution < -0.4 is 0 Å². The summed E-state index contributed by atoms with van der Waals surface area (Å²) in [5.74, 6) is 0. The van der Waals surface area contributed by atoms with E-state index in [-0.39, 0.29) is 5.41 Å². The predicted molar refractivity (Wildman–Crippen MR) is 71.1 cm³/mol. The van der Waals surface area contributed by atoms with Crippen molar-refractivity contribution in [2.45, 2.75) is 49.4 Å². The molecule has 1 aliphatic carbocycles. The Balaban J connectivity index is 2.35. The molecule has 1 N–H and O–H groups in total. The van der Waals surface area contributed by atoms with E-state index < -0.39 is 21.2 Å². The van der Waals surface area contributed by atoms with Gasteiger partial charge in [-0.3, -0.25) is 0 Å². The van der Waals surface area contributed by atoms with Crippen LogP contribution >= 0.6 is 0 Å². The van der Waals surface area contributed by atoms with Crippen molar-refractivity contribution in [1.29, 1.82) is 0 Å². The lowest BCUT2D eigenvalue weighted by Crippen LogP contribution is -2.42. The first-order valence-corrected chi connectivity index (χ1v) is 7.85. The Kier molecular flexibility index (Phi) is 3.52. The van der Waals surface area contributed by atoms with Crippen LogP contribution in [0.3, 0.4) is 0 Å². The molecule has 1 saturated carbocycles. The van der Waals surface area contributed by atoms with Crippen molar-refractivity contribution in [3.05, 3.63) is 30.3 Å². The van der Waals surface area contributed by atoms with E-state index in [1.54, 1.807) is 30.3 Å². The Hall–Kier alpha value is -0.870. The fourth-order valence-electron chi connectivity index (χ4n) is 2.61. The molecule has 0 aliphatic heterocycles. The third-order valence-corrected chi connectivity index (χ3v) is 5.98. The van der Waals surface area contributed by atoms with Crippen LogP contribution in [-0.4, -0.2) is 24.9 Å². The molecule has 100 valence electrons. The Morgan fingerprint density at radius 1 is 1.22 bits per heavy atom. The van der Waals surface area contributed by atoms with Crippen molar-refractivity contribution in [2.24, 2.45) is 5.41 Å². The molecule has 1 aromatic carbocycles. The second-order valence-electron chi connectivity index (χ2n) is 5.87. The van der Waals surface area contributed by atoms with Crippen LogP contribution in [0.2, 0.25) is 0 Å². The first-order valence-electron chi connectivity index (χ1n) is 6.30. The summed E-state index contributed by atoms with van der Waals surface area (Å²) in [6.45, 7) is 4.12. The van der Waals surface area contributed by atoms with Gasteiger partial charge in [0, 0.05) is 0 Å². The van der Waals surface area contributed by atoms with Crippen molar-refractivity contribution in [3.63, 3.8) is 0 Å². The van der Waals surface area contributed by atoms with Crippen LogP contribution in [0.4, 0.5) is 0 Å². The summed E-state index contributed by atoms with van der Waals surface area (Å²) in [7, 11) is -3.43. The van der Waals surface area contributed by atoms with Crippen LogP contribution in [0, 0.1) is 5.41 Å². The number of aliphatic hydroxyl groups is 1. The molecular formula is C14H20O3S. The van der Waals surface area contributed by atoms with Gasteiger partial charge in [-0.15, -0.1) is 0 Å². The predicted octanol–water partition coefficient (Wildman–Crippen LogP) is 2.40. The average molecular weight is 268 g/mol. The number of benzene rings is 1. The zero-order chi connectivity index (χ0) is 13.4. The molecule has 2 unspecified atom stereocenters. The zero-order valence-electron chi connectivity index (χ0n) is 10.8. The van der Waals surface area contributed by atoms with Gasteiger partial charge in [0.2, 0.25) is 0 Å². The zero-order valence-corrected chi connectivity index (χ0v) is 11.7. The summed E-state index contributed by atoms with van der Waals surface area (Å²) in [5.41, 5.74) is -0.0221. The molecule has 4 heteroatoms. The van der Waals surface area contributed by atoms with E-state index in [0.29, 0.717) is 17.7 Å². The van der Waals surface area contributed by atoms with E-state index in [4.69, 9.17) is 0 Å². The maximum absolute atomic E-state index is 12.5. The fraction of sp³-hybridized carbons (Fsp3) is 0.571. The van der Waals surface area contributed by atoms with Crippen molar-refractivity contribution >= 4 is 9.84 Å². The number of sulfone groups is 1. The molecule has 1 aliphatic rings. The second kappa shape index (κ2) is 4.67. The van der Waals surface area contributed by atoms with E-state index in [1.807, 2.05) is 0 Å². The van der Waals surface area contributed by atoms with E-state index in [1.165, 1.54) is 0 Å². The second-order valence-corrected chi connectivity index (χ2v) is 8.04. The highest BCUT2D eigenvalue weighted by Crippen LogP contribution is 2.39. The monoisotopic (exact) mass is 268 g/mol. The number of hydrogen-bond acceptors (Lipinski definition) is 3. The lowest BCUT2D eigenvalue weighted by atomic mass is 9.76. The minimum Gasteiger partial charge on any atom is -0.392 e. The summed E-state index contributed by atoms with van der Waals surface area (Å²) < 4.78 is 25.1. The Morgan fingerprint density at radius 2 is 1.83 bits per heavy atom. The van der Waals surface area contributed by atoms with Crippen LogP contribution in [0.25, 0.3) is 0 Å². The van der Waals surface area contributed by atoms with Gasteiger partial charge in [0.1, 0.15) is 0 Å². The molecule has 1 fully saturated rings. The number of aliphatic hydroxyl groups excluding tert-OH is 1. The fourth-order valence-corrected chi connectivity index (χ4v) is 4.72. The van der Waals surface area contributed by atoms with Crippen LogP contribution in [-0.2, 0) is 9.84 Å². The van der Waals surface area contributed by atoms with Gasteiger partial charge in [-0.2, -0.15) is 0 Å². The van der Waals surface area contributed by atoms with Gasteiger partial charge in [-0.1, -0.05) is 32.0 Å². The molecule has 0 aromatic heterocycles. The van der Waals surface area contributed by atoms with E-state index >= 15 is 0 Å². The Labute approximate surface area is 109 Å². The molecule has 2 rings (SSSR count). The minimum atomic E-state index is -3.43. The average Bonchev–Trinajstić information content (AvgIpc) is 2.33. The molecule has 0 bridgehead atoms. The van der Waals surface area contributed by atoms with Gasteiger partial charge >= 0.3 is 0 Å². The summed E-state index contributed by atoms with van der Waals surface area (Å²) in [6.07, 6.45) is 1.20. The SMILES string of the molecule is CC1(C)CCC(O)C(S(=O)(=O)c2ccccc2)C1. The summed E-state index contributed by atoms with van der Waals surface area (Å²) in [6, 6.07) is 8.42. The number of rotatable bonds is 2. The largest absolute Gasteiger partial charge is 0.392 e. The van der Waals surface area contributed by atoms with Gasteiger partial charge in [-0.05, 0) is 36.8 Å². The third kappa shape index (κ3) is 2.59. The lowest BCUT2D eigenvalue weighted by Gasteiger charge is -2.38. The lowest BCUT2D eigenvalue weighted by molar-refractivity contribution is 0.0835. The maximum Gasteiger partial charge on any atom is 0.183 e. The Morgan fingerprint density at radius 3 is 2.44 bits per heavy atom. The van der Waals surface area contributed by atoms with Crippen molar-refractivity contribution in [2.75, 3.05) is 0 Å². The van der Waals surface area contributed by atoms with Gasteiger partial charge in [-0.25, -0.2) is 8.42 Å². The molecule has 0 heterocycles. The van der Waals surface area contributed by atoms with Gasteiger partial charge < -0.3 is 5.11 Å². The third-order valence-electron chi connectivity index (χ3n) is 3.77. The first-order chi connectivity index (χ1) is 8.33. The highest BCUT2D eigenvalue weighted by molar-refractivity contribution is 7.92. The molecule has 0 amide bonds. The van der Waals surface area contributed by atoms with E-state index in [2.05, 4.69) is 13.8 Å². The normalized spacial score (nSPS) is 27.9. The topological polar surface area (TPSA) is 54.4 Å². The van der Waals surface area contributed by atoms with Crippen LogP contribution in [0.1, 0.15) is 33.1 Å². The molecular weight excluding hydrogens is 248 g/mol. The van der Waals surface area contributed by atoms with Gasteiger partial charge in [0.05, 0.1) is 16.2 Å². The highest BCUT2D eigenvalue weighted by atomic mass is 32.2. The molecule has 18 heavy (non-hydrogen) atoms.